The molecule has 0 aliphatic rings. The molecule has 1 aromatic rings. The van der Waals surface area contributed by atoms with Gasteiger partial charge in [-0.25, -0.2) is 12.8 Å². The third-order valence-electron chi connectivity index (χ3n) is 2.91. The molecule has 1 rings (SSSR count). The van der Waals surface area contributed by atoms with Crippen molar-refractivity contribution in [1.29, 1.82) is 0 Å². The molecule has 2 N–H and O–H groups in total. The lowest BCUT2D eigenvalue weighted by molar-refractivity contribution is -0.131. The zero-order valence-electron chi connectivity index (χ0n) is 12.3. The van der Waals surface area contributed by atoms with Crippen molar-refractivity contribution in [2.75, 3.05) is 19.1 Å². The van der Waals surface area contributed by atoms with Crippen molar-refractivity contribution >= 4 is 44.1 Å². The van der Waals surface area contributed by atoms with Crippen LogP contribution < -0.4 is 5.73 Å². The summed E-state index contributed by atoms with van der Waals surface area (Å²) >= 11 is 3.24. The average molecular weight is 418 g/mol. The highest BCUT2D eigenvalue weighted by molar-refractivity contribution is 9.10. The van der Waals surface area contributed by atoms with E-state index in [9.17, 15) is 17.6 Å². The molecule has 9 heteroatoms. The SMILES string of the molecule is CN(Cc1cc(Br)ccc1F)C(=O)C(N)CCS(C)(=O)=O.Cl. The van der Waals surface area contributed by atoms with E-state index in [0.29, 0.717) is 10.0 Å². The van der Waals surface area contributed by atoms with Crippen molar-refractivity contribution in [2.24, 2.45) is 5.73 Å². The van der Waals surface area contributed by atoms with Gasteiger partial charge in [0.1, 0.15) is 15.7 Å². The number of nitrogens with two attached hydrogens (primary N) is 1. The van der Waals surface area contributed by atoms with Crippen LogP contribution in [0.2, 0.25) is 0 Å². The van der Waals surface area contributed by atoms with Gasteiger partial charge < -0.3 is 10.6 Å². The number of hydrogen-bond acceptors (Lipinski definition) is 4. The van der Waals surface area contributed by atoms with Crippen LogP contribution in [0, 0.1) is 5.82 Å². The second-order valence-electron chi connectivity index (χ2n) is 4.96. The molecule has 0 saturated carbocycles. The van der Waals surface area contributed by atoms with Gasteiger partial charge in [0.15, 0.2) is 0 Å². The van der Waals surface area contributed by atoms with Gasteiger partial charge in [0.25, 0.3) is 0 Å². The van der Waals surface area contributed by atoms with Crippen molar-refractivity contribution in [1.82, 2.24) is 4.90 Å². The summed E-state index contributed by atoms with van der Waals surface area (Å²) in [6.45, 7) is 0.0662. The summed E-state index contributed by atoms with van der Waals surface area (Å²) in [6, 6.07) is 3.54. The quantitative estimate of drug-likeness (QED) is 0.764. The van der Waals surface area contributed by atoms with E-state index in [2.05, 4.69) is 15.9 Å². The highest BCUT2D eigenvalue weighted by Crippen LogP contribution is 2.17. The number of nitrogens with zero attached hydrogens (tertiary/aromatic N) is 1. The molecule has 0 aliphatic carbocycles. The Balaban J connectivity index is 0.00000441. The second-order valence-corrected chi connectivity index (χ2v) is 8.13. The van der Waals surface area contributed by atoms with Gasteiger partial charge in [-0.3, -0.25) is 4.79 Å². The lowest BCUT2D eigenvalue weighted by atomic mass is 10.1. The minimum absolute atomic E-state index is 0. The lowest BCUT2D eigenvalue weighted by Crippen LogP contribution is -2.42. The smallest absolute Gasteiger partial charge is 0.239 e. The molecule has 5 nitrogen and oxygen atoms in total. The van der Waals surface area contributed by atoms with Crippen molar-refractivity contribution in [3.63, 3.8) is 0 Å². The summed E-state index contributed by atoms with van der Waals surface area (Å²) in [7, 11) is -1.66. The molecule has 0 fully saturated rings. The van der Waals surface area contributed by atoms with Gasteiger partial charge >= 0.3 is 0 Å². The molecule has 22 heavy (non-hydrogen) atoms. The highest BCUT2D eigenvalue weighted by atomic mass is 79.9. The van der Waals surface area contributed by atoms with Crippen LogP contribution in [0.25, 0.3) is 0 Å². The molecule has 0 aliphatic heterocycles. The zero-order chi connectivity index (χ0) is 16.2. The number of sulfone groups is 1. The van der Waals surface area contributed by atoms with E-state index >= 15 is 0 Å². The van der Waals surface area contributed by atoms with Gasteiger partial charge in [-0.2, -0.15) is 0 Å². The van der Waals surface area contributed by atoms with E-state index in [1.807, 2.05) is 0 Å². The fourth-order valence-electron chi connectivity index (χ4n) is 1.75. The van der Waals surface area contributed by atoms with Crippen LogP contribution in [0.5, 0.6) is 0 Å². The van der Waals surface area contributed by atoms with Gasteiger partial charge in [0.05, 0.1) is 11.8 Å². The van der Waals surface area contributed by atoms with E-state index in [-0.39, 0.29) is 31.1 Å². The molecule has 0 spiro atoms. The van der Waals surface area contributed by atoms with E-state index in [4.69, 9.17) is 5.73 Å². The van der Waals surface area contributed by atoms with Crippen LogP contribution in [0.3, 0.4) is 0 Å². The van der Waals surface area contributed by atoms with Gasteiger partial charge in [-0.15, -0.1) is 12.4 Å². The number of hydrogen-bond donors (Lipinski definition) is 1. The third-order valence-corrected chi connectivity index (χ3v) is 4.38. The van der Waals surface area contributed by atoms with Crippen LogP contribution in [0.1, 0.15) is 12.0 Å². The third kappa shape index (κ3) is 7.04. The summed E-state index contributed by atoms with van der Waals surface area (Å²) in [6.07, 6.45) is 1.13. The van der Waals surface area contributed by atoms with E-state index in [0.717, 1.165) is 6.26 Å². The Labute approximate surface area is 144 Å². The zero-order valence-corrected chi connectivity index (χ0v) is 15.5. The molecule has 126 valence electrons. The summed E-state index contributed by atoms with van der Waals surface area (Å²) in [4.78, 5) is 13.3. The van der Waals surface area contributed by atoms with Crippen LogP contribution >= 0.6 is 28.3 Å². The topological polar surface area (TPSA) is 80.5 Å². The second kappa shape index (κ2) is 8.81. The summed E-state index contributed by atoms with van der Waals surface area (Å²) in [5, 5.41) is 0. The Morgan fingerprint density at radius 1 is 1.45 bits per heavy atom. The largest absolute Gasteiger partial charge is 0.340 e. The predicted octanol–water partition coefficient (Wildman–Crippen LogP) is 1.73. The first-order valence-electron chi connectivity index (χ1n) is 6.22. The molecule has 1 amide bonds. The van der Waals surface area contributed by atoms with Crippen LogP contribution in [0.4, 0.5) is 4.39 Å². The van der Waals surface area contributed by atoms with Crippen LogP contribution in [-0.4, -0.2) is 44.3 Å². The molecule has 0 bridgehead atoms. The maximum Gasteiger partial charge on any atom is 0.239 e. The molecule has 0 aromatic heterocycles. The average Bonchev–Trinajstić information content (AvgIpc) is 2.38. The van der Waals surface area contributed by atoms with Crippen molar-refractivity contribution in [3.8, 4) is 0 Å². The van der Waals surface area contributed by atoms with Gasteiger partial charge in [-0.1, -0.05) is 15.9 Å². The summed E-state index contributed by atoms with van der Waals surface area (Å²) in [5.41, 5.74) is 6.05. The Morgan fingerprint density at radius 3 is 2.59 bits per heavy atom. The Bertz CT molecular complexity index is 628. The minimum Gasteiger partial charge on any atom is -0.340 e. The van der Waals surface area contributed by atoms with Crippen LogP contribution in [0.15, 0.2) is 22.7 Å². The molecule has 1 aromatic carbocycles. The standard InChI is InChI=1S/C13H18BrFN2O3S.ClH/c1-17(8-9-7-10(14)3-4-11(9)15)13(18)12(16)5-6-21(2,19)20;/h3-4,7,12H,5-6,8,16H2,1-2H3;1H. The Morgan fingerprint density at radius 2 is 2.05 bits per heavy atom. The number of carbonyl (C=O) groups excluding carboxylic acids is 1. The maximum absolute atomic E-state index is 13.6. The number of halogens is 3. The van der Waals surface area contributed by atoms with Gasteiger partial charge in [0, 0.05) is 29.9 Å². The molecular weight excluding hydrogens is 399 g/mol. The number of likely N-dealkylation sites (N-methyl/N-ethyl adjacent to an activating group) is 1. The normalized spacial score (nSPS) is 12.4. The Kier molecular flexibility index (Phi) is 8.53. The van der Waals surface area contributed by atoms with E-state index in [1.54, 1.807) is 12.1 Å². The molecular formula is C13H19BrClFN2O3S. The minimum atomic E-state index is -3.17. The van der Waals surface area contributed by atoms with Crippen molar-refractivity contribution < 1.29 is 17.6 Å². The van der Waals surface area contributed by atoms with Crippen molar-refractivity contribution in [3.05, 3.63) is 34.1 Å². The number of carbonyl (C=O) groups is 1. The lowest BCUT2D eigenvalue weighted by Gasteiger charge is -2.21. The summed E-state index contributed by atoms with van der Waals surface area (Å²) in [5.74, 6) is -0.987. The first-order chi connectivity index (χ1) is 9.60. The molecule has 0 radical (unpaired) electrons. The first-order valence-corrected chi connectivity index (χ1v) is 9.07. The van der Waals surface area contributed by atoms with Crippen molar-refractivity contribution in [2.45, 2.75) is 19.0 Å². The predicted molar refractivity (Wildman–Crippen MR) is 90.1 cm³/mol. The number of benzene rings is 1. The fourth-order valence-corrected chi connectivity index (χ4v) is 2.84. The number of amides is 1. The Hall–Kier alpha value is -0.700. The summed E-state index contributed by atoms with van der Waals surface area (Å²) < 4.78 is 36.5. The fraction of sp³-hybridized carbons (Fsp3) is 0.462. The monoisotopic (exact) mass is 416 g/mol. The molecule has 0 heterocycles. The maximum atomic E-state index is 13.6. The molecule has 1 atom stereocenters. The van der Waals surface area contributed by atoms with Gasteiger partial charge in [-0.05, 0) is 24.6 Å². The van der Waals surface area contributed by atoms with E-state index in [1.165, 1.54) is 18.0 Å². The molecule has 0 saturated heterocycles. The highest BCUT2D eigenvalue weighted by Gasteiger charge is 2.20. The van der Waals surface area contributed by atoms with Gasteiger partial charge in [0.2, 0.25) is 5.91 Å². The first kappa shape index (κ1) is 21.3. The molecule has 1 unspecified atom stereocenters. The van der Waals surface area contributed by atoms with Crippen LogP contribution in [-0.2, 0) is 21.2 Å². The number of rotatable bonds is 6. The van der Waals surface area contributed by atoms with E-state index < -0.39 is 27.6 Å².